The highest BCUT2D eigenvalue weighted by Gasteiger charge is 2.26. The Morgan fingerprint density at radius 2 is 1.78 bits per heavy atom. The van der Waals surface area contributed by atoms with Crippen LogP contribution in [0.15, 0.2) is 42.5 Å². The third-order valence-electron chi connectivity index (χ3n) is 6.45. The van der Waals surface area contributed by atoms with Gasteiger partial charge in [0.2, 0.25) is 0 Å². The number of nitrogens with one attached hydrogen (secondary N) is 2. The maximum atomic E-state index is 12.6. The highest BCUT2D eigenvalue weighted by atomic mass is 35.5. The van der Waals surface area contributed by atoms with Crippen LogP contribution in [0.2, 0.25) is 5.02 Å². The number of hydrogen-bond donors (Lipinski definition) is 2. The van der Waals surface area contributed by atoms with Gasteiger partial charge in [0.15, 0.2) is 0 Å². The van der Waals surface area contributed by atoms with Gasteiger partial charge in [0.05, 0.1) is 16.8 Å². The number of fused-ring (bicyclic) bond motifs is 1. The number of aryl methyl sites for hydroxylation is 1. The number of carbonyl (C=O) groups excluding carboxylic acids is 2. The molecular weight excluding hydrogens is 424 g/mol. The van der Waals surface area contributed by atoms with Gasteiger partial charge in [-0.1, -0.05) is 42.3 Å². The van der Waals surface area contributed by atoms with E-state index in [1.807, 2.05) is 0 Å². The molecule has 2 aromatic rings. The fourth-order valence-electron chi connectivity index (χ4n) is 4.71. The van der Waals surface area contributed by atoms with Crippen LogP contribution in [0.4, 0.5) is 11.4 Å². The molecule has 1 saturated heterocycles. The highest BCUT2D eigenvalue weighted by Crippen LogP contribution is 2.31. The summed E-state index contributed by atoms with van der Waals surface area (Å²) in [5.41, 5.74) is 4.29. The first kappa shape index (κ1) is 22.6. The van der Waals surface area contributed by atoms with E-state index in [0.717, 1.165) is 45.3 Å². The van der Waals surface area contributed by atoms with Crippen molar-refractivity contribution in [3.8, 4) is 0 Å². The van der Waals surface area contributed by atoms with Crippen molar-refractivity contribution in [3.63, 3.8) is 0 Å². The zero-order chi connectivity index (χ0) is 22.5. The lowest BCUT2D eigenvalue weighted by molar-refractivity contribution is -0.136. The summed E-state index contributed by atoms with van der Waals surface area (Å²) < 4.78 is 0. The Kier molecular flexibility index (Phi) is 7.33. The number of amides is 2. The largest absolute Gasteiger partial charge is 0.374 e. The number of piperidine rings is 1. The Hall–Kier alpha value is -2.57. The molecular formula is C25H31ClN4O2. The van der Waals surface area contributed by atoms with Crippen LogP contribution in [-0.4, -0.2) is 49.9 Å². The molecule has 0 spiro atoms. The zero-order valence-electron chi connectivity index (χ0n) is 18.6. The molecule has 2 aliphatic rings. The maximum Gasteiger partial charge on any atom is 0.313 e. The van der Waals surface area contributed by atoms with Crippen molar-refractivity contribution in [3.05, 3.63) is 58.6 Å². The normalized spacial score (nSPS) is 17.4. The summed E-state index contributed by atoms with van der Waals surface area (Å²) in [6.07, 6.45) is 5.79. The van der Waals surface area contributed by atoms with Gasteiger partial charge in [0.25, 0.3) is 0 Å². The van der Waals surface area contributed by atoms with Gasteiger partial charge in [-0.15, -0.1) is 0 Å². The predicted molar refractivity (Wildman–Crippen MR) is 129 cm³/mol. The van der Waals surface area contributed by atoms with E-state index in [1.54, 1.807) is 24.3 Å². The van der Waals surface area contributed by atoms with Crippen molar-refractivity contribution in [2.75, 3.05) is 43.4 Å². The molecule has 0 aliphatic carbocycles. The summed E-state index contributed by atoms with van der Waals surface area (Å²) in [6, 6.07) is 13.6. The molecule has 32 heavy (non-hydrogen) atoms. The van der Waals surface area contributed by atoms with Crippen LogP contribution < -0.4 is 15.5 Å². The van der Waals surface area contributed by atoms with E-state index in [0.29, 0.717) is 17.3 Å². The van der Waals surface area contributed by atoms with Gasteiger partial charge in [-0.3, -0.25) is 14.5 Å². The van der Waals surface area contributed by atoms with Crippen LogP contribution >= 0.6 is 11.6 Å². The van der Waals surface area contributed by atoms with Crippen LogP contribution in [0.25, 0.3) is 0 Å². The zero-order valence-corrected chi connectivity index (χ0v) is 19.3. The number of anilines is 2. The molecule has 0 radical (unpaired) electrons. The average molecular weight is 455 g/mol. The number of benzene rings is 2. The van der Waals surface area contributed by atoms with Crippen molar-refractivity contribution in [2.24, 2.45) is 0 Å². The van der Waals surface area contributed by atoms with Crippen molar-refractivity contribution in [1.29, 1.82) is 0 Å². The molecule has 170 valence electrons. The number of carbonyl (C=O) groups is 2. The molecule has 2 amide bonds. The van der Waals surface area contributed by atoms with E-state index in [-0.39, 0.29) is 6.04 Å². The van der Waals surface area contributed by atoms with Crippen LogP contribution in [0.3, 0.4) is 0 Å². The smallest absolute Gasteiger partial charge is 0.313 e. The topological polar surface area (TPSA) is 64.7 Å². The summed E-state index contributed by atoms with van der Waals surface area (Å²) in [5.74, 6) is -1.35. The molecule has 2 aromatic carbocycles. The summed E-state index contributed by atoms with van der Waals surface area (Å²) in [4.78, 5) is 29.7. The maximum absolute atomic E-state index is 12.6. The Bertz CT molecular complexity index is 974. The number of hydrogen-bond acceptors (Lipinski definition) is 4. The number of nitrogens with zero attached hydrogens (tertiary/aromatic N) is 2. The minimum absolute atomic E-state index is 0.0462. The summed E-state index contributed by atoms with van der Waals surface area (Å²) in [7, 11) is 2.14. The van der Waals surface area contributed by atoms with Crippen molar-refractivity contribution in [1.82, 2.24) is 10.2 Å². The lowest BCUT2D eigenvalue weighted by Gasteiger charge is -2.36. The molecule has 6 nitrogen and oxygen atoms in total. The second-order valence-electron chi connectivity index (χ2n) is 8.67. The molecule has 2 aliphatic heterocycles. The van der Waals surface area contributed by atoms with E-state index < -0.39 is 11.8 Å². The van der Waals surface area contributed by atoms with Gasteiger partial charge < -0.3 is 15.5 Å². The Morgan fingerprint density at radius 3 is 2.56 bits per heavy atom. The molecule has 1 fully saturated rings. The van der Waals surface area contributed by atoms with Crippen LogP contribution in [0, 0.1) is 0 Å². The monoisotopic (exact) mass is 454 g/mol. The average Bonchev–Trinajstić information content (AvgIpc) is 2.81. The Morgan fingerprint density at radius 1 is 1.00 bits per heavy atom. The molecule has 0 unspecified atom stereocenters. The van der Waals surface area contributed by atoms with Crippen molar-refractivity contribution >= 4 is 34.8 Å². The number of halogens is 1. The van der Waals surface area contributed by atoms with Crippen LogP contribution in [-0.2, 0) is 16.0 Å². The first-order chi connectivity index (χ1) is 15.5. The number of para-hydroxylation sites is 1. The van der Waals surface area contributed by atoms with Gasteiger partial charge in [-0.05, 0) is 68.1 Å². The SMILES string of the molecule is CN1CCCc2cc([C@H](CNC(=O)C(=O)Nc3ccccc3Cl)N3CCCCC3)ccc21. The van der Waals surface area contributed by atoms with Gasteiger partial charge in [-0.2, -0.15) is 0 Å². The molecule has 7 heteroatoms. The van der Waals surface area contributed by atoms with E-state index in [2.05, 4.69) is 45.7 Å². The van der Waals surface area contributed by atoms with E-state index >= 15 is 0 Å². The fourth-order valence-corrected chi connectivity index (χ4v) is 4.89. The quantitative estimate of drug-likeness (QED) is 0.670. The molecule has 2 N–H and O–H groups in total. The summed E-state index contributed by atoms with van der Waals surface area (Å²) >= 11 is 6.09. The molecule has 0 aromatic heterocycles. The van der Waals surface area contributed by atoms with E-state index in [4.69, 9.17) is 11.6 Å². The van der Waals surface area contributed by atoms with Crippen LogP contribution in [0.1, 0.15) is 42.9 Å². The lowest BCUT2D eigenvalue weighted by atomic mass is 9.95. The van der Waals surface area contributed by atoms with Gasteiger partial charge >= 0.3 is 11.8 Å². The molecule has 4 rings (SSSR count). The Balaban J connectivity index is 1.47. The molecule has 2 heterocycles. The van der Waals surface area contributed by atoms with Gasteiger partial charge in [0.1, 0.15) is 0 Å². The first-order valence-electron chi connectivity index (χ1n) is 11.4. The predicted octanol–water partition coefficient (Wildman–Crippen LogP) is 4.00. The second kappa shape index (κ2) is 10.4. The first-order valence-corrected chi connectivity index (χ1v) is 11.8. The lowest BCUT2D eigenvalue weighted by Crippen LogP contribution is -2.43. The minimum Gasteiger partial charge on any atom is -0.374 e. The Labute approximate surface area is 194 Å². The number of rotatable bonds is 5. The summed E-state index contributed by atoms with van der Waals surface area (Å²) in [5, 5.41) is 5.86. The van der Waals surface area contributed by atoms with Gasteiger partial charge in [-0.25, -0.2) is 0 Å². The standard InChI is InChI=1S/C25H31ClN4O2/c1-29-13-7-8-18-16-19(11-12-22(18)29)23(30-14-5-2-6-15-30)17-27-24(31)25(32)28-21-10-4-3-9-20(21)26/h3-4,9-12,16,23H,2,5-8,13-15,17H2,1H3,(H,27,31)(H,28,32)/t23-/m0/s1. The fraction of sp³-hybridized carbons (Fsp3) is 0.440. The molecule has 0 bridgehead atoms. The van der Waals surface area contributed by atoms with E-state index in [1.165, 1.54) is 23.2 Å². The molecule has 0 saturated carbocycles. The number of likely N-dealkylation sites (tertiary alicyclic amines) is 1. The minimum atomic E-state index is -0.706. The van der Waals surface area contributed by atoms with E-state index in [9.17, 15) is 9.59 Å². The summed E-state index contributed by atoms with van der Waals surface area (Å²) in [6.45, 7) is 3.48. The van der Waals surface area contributed by atoms with Crippen LogP contribution in [0.5, 0.6) is 0 Å². The van der Waals surface area contributed by atoms with Gasteiger partial charge in [0, 0.05) is 25.8 Å². The van der Waals surface area contributed by atoms with Crippen molar-refractivity contribution < 1.29 is 9.59 Å². The highest BCUT2D eigenvalue weighted by molar-refractivity contribution is 6.41. The second-order valence-corrected chi connectivity index (χ2v) is 9.08. The molecule has 1 atom stereocenters. The van der Waals surface area contributed by atoms with Crippen molar-refractivity contribution in [2.45, 2.75) is 38.1 Å². The third-order valence-corrected chi connectivity index (χ3v) is 6.78. The third kappa shape index (κ3) is 5.25.